The molecule has 0 spiro atoms. The lowest BCUT2D eigenvalue weighted by Gasteiger charge is -2.31. The number of hydrogen-bond donors (Lipinski definition) is 2. The maximum atomic E-state index is 13.7. The lowest BCUT2D eigenvalue weighted by molar-refractivity contribution is -0.139. The molecule has 7 heteroatoms. The van der Waals surface area contributed by atoms with Crippen LogP contribution in [0.4, 0.5) is 4.79 Å². The van der Waals surface area contributed by atoms with Gasteiger partial charge in [-0.1, -0.05) is 48.6 Å². The van der Waals surface area contributed by atoms with Gasteiger partial charge in [0.25, 0.3) is 0 Å². The SMILES string of the molecule is CC(C)(C)OC(=O)N[C@H](CC1C=CC=CC1)C(=O)N1CCC[C@H]1C(=O)Cc1ccccc1CN. The molecule has 34 heavy (non-hydrogen) atoms. The third-order valence-corrected chi connectivity index (χ3v) is 6.21. The molecule has 0 saturated carbocycles. The zero-order valence-corrected chi connectivity index (χ0v) is 20.5. The van der Waals surface area contributed by atoms with Gasteiger partial charge in [-0.15, -0.1) is 0 Å². The molecule has 3 atom stereocenters. The van der Waals surface area contributed by atoms with E-state index in [2.05, 4.69) is 11.4 Å². The number of allylic oxidation sites excluding steroid dienone is 4. The van der Waals surface area contributed by atoms with Gasteiger partial charge in [0, 0.05) is 19.5 Å². The van der Waals surface area contributed by atoms with Crippen LogP contribution in [-0.2, 0) is 27.3 Å². The monoisotopic (exact) mass is 467 g/mol. The van der Waals surface area contributed by atoms with Gasteiger partial charge >= 0.3 is 6.09 Å². The lowest BCUT2D eigenvalue weighted by atomic mass is 9.92. The van der Waals surface area contributed by atoms with Gasteiger partial charge in [0.05, 0.1) is 6.04 Å². The molecule has 1 heterocycles. The first-order chi connectivity index (χ1) is 16.2. The first-order valence-electron chi connectivity index (χ1n) is 12.1. The summed E-state index contributed by atoms with van der Waals surface area (Å²) in [6.07, 6.45) is 10.3. The number of nitrogens with one attached hydrogen (secondary N) is 1. The Hall–Kier alpha value is -2.93. The fraction of sp³-hybridized carbons (Fsp3) is 0.519. The first kappa shape index (κ1) is 25.7. The summed E-state index contributed by atoms with van der Waals surface area (Å²) in [5.74, 6) is -0.0953. The summed E-state index contributed by atoms with van der Waals surface area (Å²) in [4.78, 5) is 41.1. The van der Waals surface area contributed by atoms with Crippen LogP contribution < -0.4 is 11.1 Å². The third-order valence-electron chi connectivity index (χ3n) is 6.21. The van der Waals surface area contributed by atoms with Crippen molar-refractivity contribution in [3.8, 4) is 0 Å². The van der Waals surface area contributed by atoms with Crippen LogP contribution in [0.3, 0.4) is 0 Å². The Labute approximate surface area is 202 Å². The van der Waals surface area contributed by atoms with E-state index >= 15 is 0 Å². The van der Waals surface area contributed by atoms with Gasteiger partial charge in [-0.3, -0.25) is 9.59 Å². The molecule has 2 aliphatic rings. The predicted octanol–water partition coefficient (Wildman–Crippen LogP) is 3.66. The average Bonchev–Trinajstić information content (AvgIpc) is 3.28. The number of benzene rings is 1. The molecule has 1 unspecified atom stereocenters. The Morgan fingerprint density at radius 2 is 1.91 bits per heavy atom. The summed E-state index contributed by atoms with van der Waals surface area (Å²) in [5.41, 5.74) is 7.00. The number of hydrogen-bond acceptors (Lipinski definition) is 5. The summed E-state index contributed by atoms with van der Waals surface area (Å²) in [6, 6.07) is 6.38. The number of rotatable bonds is 8. The molecule has 1 aliphatic heterocycles. The Kier molecular flexibility index (Phi) is 8.67. The number of ketones is 1. The molecular weight excluding hydrogens is 430 g/mol. The number of carbonyl (C=O) groups excluding carboxylic acids is 3. The molecule has 3 rings (SSSR count). The standard InChI is InChI=1S/C27H37N3O4/c1-27(2,3)34-26(33)29-22(16-19-10-5-4-6-11-19)25(32)30-15-9-14-23(30)24(31)17-20-12-7-8-13-21(20)18-28/h4-8,10,12-13,19,22-23H,9,11,14-18,28H2,1-3H3,(H,29,33)/t19?,22-,23+/m1/s1. The summed E-state index contributed by atoms with van der Waals surface area (Å²) < 4.78 is 5.42. The predicted molar refractivity (Wildman–Crippen MR) is 132 cm³/mol. The van der Waals surface area contributed by atoms with Crippen molar-refractivity contribution in [2.45, 2.75) is 77.1 Å². The van der Waals surface area contributed by atoms with Gasteiger partial charge < -0.3 is 20.7 Å². The van der Waals surface area contributed by atoms with E-state index in [0.717, 1.165) is 24.0 Å². The van der Waals surface area contributed by atoms with Crippen molar-refractivity contribution in [1.29, 1.82) is 0 Å². The fourth-order valence-electron chi connectivity index (χ4n) is 4.58. The second-order valence-electron chi connectivity index (χ2n) is 10.0. The topological polar surface area (TPSA) is 102 Å². The average molecular weight is 468 g/mol. The van der Waals surface area contributed by atoms with Gasteiger partial charge in [0.15, 0.2) is 5.78 Å². The number of Topliss-reactive ketones (excluding diaryl/α,β-unsaturated/α-hetero) is 1. The Balaban J connectivity index is 1.74. The molecule has 184 valence electrons. The van der Waals surface area contributed by atoms with Crippen LogP contribution >= 0.6 is 0 Å². The van der Waals surface area contributed by atoms with Crippen LogP contribution in [0, 0.1) is 5.92 Å². The van der Waals surface area contributed by atoms with Crippen molar-refractivity contribution in [2.75, 3.05) is 6.54 Å². The molecule has 1 aromatic carbocycles. The number of nitrogens with two attached hydrogens (primary N) is 1. The van der Waals surface area contributed by atoms with Crippen LogP contribution in [0.15, 0.2) is 48.6 Å². The van der Waals surface area contributed by atoms with E-state index in [-0.39, 0.29) is 24.0 Å². The van der Waals surface area contributed by atoms with E-state index in [1.54, 1.807) is 25.7 Å². The van der Waals surface area contributed by atoms with Crippen molar-refractivity contribution >= 4 is 17.8 Å². The van der Waals surface area contributed by atoms with E-state index < -0.39 is 23.8 Å². The third kappa shape index (κ3) is 7.03. The van der Waals surface area contributed by atoms with Crippen molar-refractivity contribution < 1.29 is 19.1 Å². The zero-order valence-electron chi connectivity index (χ0n) is 20.5. The van der Waals surface area contributed by atoms with Gasteiger partial charge in [-0.2, -0.15) is 0 Å². The summed E-state index contributed by atoms with van der Waals surface area (Å²) in [7, 11) is 0. The minimum atomic E-state index is -0.763. The number of likely N-dealkylation sites (tertiary alicyclic amines) is 1. The zero-order chi connectivity index (χ0) is 24.7. The smallest absolute Gasteiger partial charge is 0.408 e. The van der Waals surface area contributed by atoms with Gasteiger partial charge in [0.1, 0.15) is 11.6 Å². The number of carbonyl (C=O) groups is 3. The molecule has 3 N–H and O–H groups in total. The Morgan fingerprint density at radius 1 is 1.18 bits per heavy atom. The minimum Gasteiger partial charge on any atom is -0.444 e. The number of amides is 2. The van der Waals surface area contributed by atoms with Crippen molar-refractivity contribution in [3.05, 3.63) is 59.7 Å². The molecule has 0 bridgehead atoms. The van der Waals surface area contributed by atoms with E-state index in [1.807, 2.05) is 42.5 Å². The summed E-state index contributed by atoms with van der Waals surface area (Å²) in [5, 5.41) is 2.79. The summed E-state index contributed by atoms with van der Waals surface area (Å²) in [6.45, 7) is 6.22. The van der Waals surface area contributed by atoms with Crippen LogP contribution in [0.2, 0.25) is 0 Å². The Morgan fingerprint density at radius 3 is 2.56 bits per heavy atom. The maximum Gasteiger partial charge on any atom is 0.408 e. The highest BCUT2D eigenvalue weighted by Gasteiger charge is 2.38. The molecule has 2 amide bonds. The van der Waals surface area contributed by atoms with E-state index in [4.69, 9.17) is 10.5 Å². The number of nitrogens with zero attached hydrogens (tertiary/aromatic N) is 1. The van der Waals surface area contributed by atoms with Crippen LogP contribution in [-0.4, -0.2) is 46.9 Å². The van der Waals surface area contributed by atoms with E-state index in [0.29, 0.717) is 25.9 Å². The summed E-state index contributed by atoms with van der Waals surface area (Å²) >= 11 is 0. The van der Waals surface area contributed by atoms with E-state index in [1.165, 1.54) is 0 Å². The highest BCUT2D eigenvalue weighted by atomic mass is 16.6. The maximum absolute atomic E-state index is 13.7. The molecule has 1 saturated heterocycles. The number of ether oxygens (including phenoxy) is 1. The minimum absolute atomic E-state index is 0.00302. The molecule has 0 radical (unpaired) electrons. The second-order valence-corrected chi connectivity index (χ2v) is 10.0. The highest BCUT2D eigenvalue weighted by molar-refractivity contribution is 5.93. The van der Waals surface area contributed by atoms with Gasteiger partial charge in [-0.05, 0) is 63.5 Å². The van der Waals surface area contributed by atoms with E-state index in [9.17, 15) is 14.4 Å². The molecule has 1 fully saturated rings. The molecule has 1 aliphatic carbocycles. The fourth-order valence-corrected chi connectivity index (χ4v) is 4.58. The second kappa shape index (κ2) is 11.5. The number of alkyl carbamates (subject to hydrolysis) is 1. The molecule has 1 aromatic rings. The van der Waals surface area contributed by atoms with Crippen LogP contribution in [0.25, 0.3) is 0 Å². The molecule has 0 aromatic heterocycles. The van der Waals surface area contributed by atoms with Crippen molar-refractivity contribution in [1.82, 2.24) is 10.2 Å². The largest absolute Gasteiger partial charge is 0.444 e. The Bertz CT molecular complexity index is 947. The van der Waals surface area contributed by atoms with Crippen molar-refractivity contribution in [2.24, 2.45) is 11.7 Å². The molecule has 7 nitrogen and oxygen atoms in total. The normalized spacial score (nSPS) is 20.8. The van der Waals surface area contributed by atoms with Crippen LogP contribution in [0.1, 0.15) is 57.6 Å². The van der Waals surface area contributed by atoms with Gasteiger partial charge in [-0.25, -0.2) is 4.79 Å². The molecular formula is C27H37N3O4. The highest BCUT2D eigenvalue weighted by Crippen LogP contribution is 2.25. The van der Waals surface area contributed by atoms with Gasteiger partial charge in [0.2, 0.25) is 5.91 Å². The van der Waals surface area contributed by atoms with Crippen LogP contribution in [0.5, 0.6) is 0 Å². The van der Waals surface area contributed by atoms with Crippen molar-refractivity contribution in [3.63, 3.8) is 0 Å². The first-order valence-corrected chi connectivity index (χ1v) is 12.1. The lowest BCUT2D eigenvalue weighted by Crippen LogP contribution is -2.53. The quantitative estimate of drug-likeness (QED) is 0.607.